The Labute approximate surface area is 123 Å². The second kappa shape index (κ2) is 6.15. The van der Waals surface area contributed by atoms with Gasteiger partial charge in [0.05, 0.1) is 12.2 Å². The van der Waals surface area contributed by atoms with Crippen LogP contribution in [0.2, 0.25) is 0 Å². The van der Waals surface area contributed by atoms with E-state index in [2.05, 4.69) is 0 Å². The fraction of sp³-hybridized carbons (Fsp3) is 0.583. The first-order valence-corrected chi connectivity index (χ1v) is 8.21. The summed E-state index contributed by atoms with van der Waals surface area (Å²) in [6, 6.07) is 1.19. The number of halogens is 1. The van der Waals surface area contributed by atoms with Crippen molar-refractivity contribution in [3.63, 3.8) is 0 Å². The minimum absolute atomic E-state index is 0.124. The number of carbonyl (C=O) groups excluding carboxylic acids is 1. The number of hydrogen-bond acceptors (Lipinski definition) is 5. The Kier molecular flexibility index (Phi) is 5.23. The van der Waals surface area contributed by atoms with Gasteiger partial charge in [-0.15, -0.1) is 0 Å². The van der Waals surface area contributed by atoms with Crippen molar-refractivity contribution < 1.29 is 22.7 Å². The summed E-state index contributed by atoms with van der Waals surface area (Å²) in [5.74, 6) is -0.606. The van der Waals surface area contributed by atoms with Crippen molar-refractivity contribution in [1.29, 1.82) is 0 Å². The van der Waals surface area contributed by atoms with E-state index in [0.717, 1.165) is 0 Å². The molecule has 1 aromatic rings. The lowest BCUT2D eigenvalue weighted by molar-refractivity contribution is -0.00590. The predicted molar refractivity (Wildman–Crippen MR) is 74.4 cm³/mol. The number of methoxy groups -OCH3 is 1. The van der Waals surface area contributed by atoms with Crippen molar-refractivity contribution >= 4 is 25.7 Å². The molecule has 1 heterocycles. The van der Waals surface area contributed by atoms with Gasteiger partial charge in [0.2, 0.25) is 0 Å². The third kappa shape index (κ3) is 4.50. The molecule has 8 heteroatoms. The Morgan fingerprint density at radius 1 is 1.45 bits per heavy atom. The lowest BCUT2D eigenvalue weighted by Gasteiger charge is -2.22. The molecule has 0 bridgehead atoms. The van der Waals surface area contributed by atoms with Crippen molar-refractivity contribution in [1.82, 2.24) is 4.57 Å². The second-order valence-electron chi connectivity index (χ2n) is 4.96. The van der Waals surface area contributed by atoms with Gasteiger partial charge < -0.3 is 14.0 Å². The van der Waals surface area contributed by atoms with E-state index in [0.29, 0.717) is 6.42 Å². The first-order chi connectivity index (χ1) is 9.07. The average molecular weight is 324 g/mol. The normalized spacial score (nSPS) is 12.4. The molecule has 0 aliphatic carbocycles. The van der Waals surface area contributed by atoms with Crippen LogP contribution in [-0.4, -0.2) is 38.3 Å². The molecule has 0 aromatic carbocycles. The second-order valence-corrected chi connectivity index (χ2v) is 7.53. The molecule has 0 aliphatic rings. The Bertz CT molecular complexity index is 591. The van der Waals surface area contributed by atoms with Gasteiger partial charge in [0, 0.05) is 37.5 Å². The van der Waals surface area contributed by atoms with Crippen LogP contribution in [0.25, 0.3) is 0 Å². The predicted octanol–water partition coefficient (Wildman–Crippen LogP) is 1.92. The maximum Gasteiger partial charge on any atom is 0.354 e. The van der Waals surface area contributed by atoms with E-state index in [-0.39, 0.29) is 22.8 Å². The quantitative estimate of drug-likeness (QED) is 0.590. The SMILES string of the molecule is COC(C)(C)CCOC(=O)c1cc(S(=O)(=O)Cl)cn1C. The molecule has 0 saturated carbocycles. The zero-order valence-electron chi connectivity index (χ0n) is 11.8. The lowest BCUT2D eigenvalue weighted by Crippen LogP contribution is -2.25. The molecule has 0 aliphatic heterocycles. The maximum absolute atomic E-state index is 11.9. The molecule has 0 unspecified atom stereocenters. The number of aryl methyl sites for hydroxylation is 1. The molecule has 114 valence electrons. The summed E-state index contributed by atoms with van der Waals surface area (Å²) in [4.78, 5) is 11.7. The fourth-order valence-electron chi connectivity index (χ4n) is 1.44. The van der Waals surface area contributed by atoms with Gasteiger partial charge in [-0.05, 0) is 19.9 Å². The van der Waals surface area contributed by atoms with Crippen molar-refractivity contribution in [2.24, 2.45) is 7.05 Å². The van der Waals surface area contributed by atoms with Crippen LogP contribution in [0.5, 0.6) is 0 Å². The molecule has 0 atom stereocenters. The van der Waals surface area contributed by atoms with E-state index in [9.17, 15) is 13.2 Å². The Hall–Kier alpha value is -1.05. The standard InChI is InChI=1S/C12H18ClNO5S/c1-12(2,18-4)5-6-19-11(15)10-7-9(8-14(10)3)20(13,16)17/h7-8H,5-6H2,1-4H3. The number of nitrogens with zero attached hydrogens (tertiary/aromatic N) is 1. The van der Waals surface area contributed by atoms with Gasteiger partial charge in [-0.25, -0.2) is 13.2 Å². The summed E-state index contributed by atoms with van der Waals surface area (Å²) >= 11 is 0. The molecule has 0 N–H and O–H groups in total. The van der Waals surface area contributed by atoms with Crippen LogP contribution >= 0.6 is 10.7 Å². The summed E-state index contributed by atoms with van der Waals surface area (Å²) in [5.41, 5.74) is -0.265. The summed E-state index contributed by atoms with van der Waals surface area (Å²) in [5, 5.41) is 0. The van der Waals surface area contributed by atoms with Crippen LogP contribution in [0.15, 0.2) is 17.2 Å². The summed E-state index contributed by atoms with van der Waals surface area (Å²) in [6.45, 7) is 3.93. The Morgan fingerprint density at radius 3 is 2.50 bits per heavy atom. The zero-order chi connectivity index (χ0) is 15.6. The molecule has 0 radical (unpaired) electrons. The van der Waals surface area contributed by atoms with Crippen molar-refractivity contribution in [3.8, 4) is 0 Å². The molecule has 0 fully saturated rings. The minimum Gasteiger partial charge on any atom is -0.461 e. The van der Waals surface area contributed by atoms with E-state index in [1.807, 2.05) is 13.8 Å². The van der Waals surface area contributed by atoms with Gasteiger partial charge in [0.1, 0.15) is 10.6 Å². The first kappa shape index (κ1) is 17.0. The Morgan fingerprint density at radius 2 is 2.05 bits per heavy atom. The number of esters is 1. The van der Waals surface area contributed by atoms with Gasteiger partial charge in [0.15, 0.2) is 0 Å². The van der Waals surface area contributed by atoms with Crippen molar-refractivity contribution in [3.05, 3.63) is 18.0 Å². The molecule has 0 saturated heterocycles. The van der Waals surface area contributed by atoms with Crippen LogP contribution in [0.1, 0.15) is 30.8 Å². The molecule has 0 spiro atoms. The zero-order valence-corrected chi connectivity index (χ0v) is 13.4. The number of hydrogen-bond donors (Lipinski definition) is 0. The molecule has 1 aromatic heterocycles. The highest BCUT2D eigenvalue weighted by Gasteiger charge is 2.21. The van der Waals surface area contributed by atoms with Crippen LogP contribution in [0.4, 0.5) is 0 Å². The van der Waals surface area contributed by atoms with E-state index >= 15 is 0 Å². The highest BCUT2D eigenvalue weighted by atomic mass is 35.7. The van der Waals surface area contributed by atoms with Gasteiger partial charge in [-0.3, -0.25) is 0 Å². The largest absolute Gasteiger partial charge is 0.461 e. The summed E-state index contributed by atoms with van der Waals surface area (Å²) in [7, 11) is 4.48. The molecular weight excluding hydrogens is 306 g/mol. The van der Waals surface area contributed by atoms with Gasteiger partial charge in [-0.2, -0.15) is 0 Å². The van der Waals surface area contributed by atoms with Crippen LogP contribution in [0.3, 0.4) is 0 Å². The van der Waals surface area contributed by atoms with Gasteiger partial charge >= 0.3 is 5.97 Å². The molecular formula is C12H18ClNO5S. The molecule has 1 rings (SSSR count). The van der Waals surface area contributed by atoms with E-state index in [1.165, 1.54) is 16.8 Å². The minimum atomic E-state index is -3.86. The summed E-state index contributed by atoms with van der Waals surface area (Å²) < 4.78 is 34.0. The number of aromatic nitrogens is 1. The molecule has 0 amide bonds. The summed E-state index contributed by atoms with van der Waals surface area (Å²) in [6.07, 6.45) is 1.79. The number of ether oxygens (including phenoxy) is 2. The molecule has 6 nitrogen and oxygen atoms in total. The smallest absolute Gasteiger partial charge is 0.354 e. The highest BCUT2D eigenvalue weighted by molar-refractivity contribution is 8.13. The third-order valence-electron chi connectivity index (χ3n) is 2.96. The van der Waals surface area contributed by atoms with E-state index in [4.69, 9.17) is 20.2 Å². The first-order valence-electron chi connectivity index (χ1n) is 5.90. The average Bonchev–Trinajstić information content (AvgIpc) is 2.71. The monoisotopic (exact) mass is 323 g/mol. The maximum atomic E-state index is 11.9. The number of carbonyl (C=O) groups is 1. The Balaban J connectivity index is 2.72. The van der Waals surface area contributed by atoms with Crippen molar-refractivity contribution in [2.45, 2.75) is 30.8 Å². The van der Waals surface area contributed by atoms with Gasteiger partial charge in [0.25, 0.3) is 9.05 Å². The van der Waals surface area contributed by atoms with E-state index in [1.54, 1.807) is 14.2 Å². The highest BCUT2D eigenvalue weighted by Crippen LogP contribution is 2.19. The lowest BCUT2D eigenvalue weighted by atomic mass is 10.1. The van der Waals surface area contributed by atoms with Crippen LogP contribution < -0.4 is 0 Å². The number of rotatable bonds is 6. The van der Waals surface area contributed by atoms with E-state index < -0.39 is 15.0 Å². The molecule has 20 heavy (non-hydrogen) atoms. The van der Waals surface area contributed by atoms with Gasteiger partial charge in [-0.1, -0.05) is 0 Å². The topological polar surface area (TPSA) is 74.6 Å². The fourth-order valence-corrected chi connectivity index (χ4v) is 2.23. The van der Waals surface area contributed by atoms with Crippen molar-refractivity contribution in [2.75, 3.05) is 13.7 Å². The third-order valence-corrected chi connectivity index (χ3v) is 4.28. The van der Waals surface area contributed by atoms with Crippen LogP contribution in [-0.2, 0) is 25.6 Å². The van der Waals surface area contributed by atoms with Crippen LogP contribution in [0, 0.1) is 0 Å².